The van der Waals surface area contributed by atoms with Crippen LogP contribution < -0.4 is 21.7 Å². The number of carbonyl (C=O) groups excluding carboxylic acids is 3. The molecule has 0 bridgehead atoms. The smallest absolute Gasteiger partial charge is 0.322 e. The molecule has 0 aliphatic heterocycles. The molecule has 0 aromatic heterocycles. The van der Waals surface area contributed by atoms with Gasteiger partial charge in [0, 0.05) is 0 Å². The molecule has 0 radical (unpaired) electrons. The van der Waals surface area contributed by atoms with Gasteiger partial charge in [-0.25, -0.2) is 0 Å². The van der Waals surface area contributed by atoms with Gasteiger partial charge in [0.15, 0.2) is 0 Å². The van der Waals surface area contributed by atoms with Crippen LogP contribution in [0.4, 0.5) is 0 Å². The molecule has 0 heterocycles. The van der Waals surface area contributed by atoms with Gasteiger partial charge in [0.25, 0.3) is 0 Å². The Kier molecular flexibility index (Phi) is 11.6. The maximum absolute atomic E-state index is 12.4. The molecule has 0 aromatic rings. The highest BCUT2D eigenvalue weighted by Gasteiger charge is 2.31. The molecule has 8 N–H and O–H groups in total. The fourth-order valence-corrected chi connectivity index (χ4v) is 2.40. The van der Waals surface area contributed by atoms with Gasteiger partial charge in [-0.05, 0) is 32.3 Å². The summed E-state index contributed by atoms with van der Waals surface area (Å²) in [5.41, 5.74) is 5.49. The Morgan fingerprint density at radius 2 is 1.59 bits per heavy atom. The molecule has 0 fully saturated rings. The number of rotatable bonds is 12. The van der Waals surface area contributed by atoms with E-state index in [0.29, 0.717) is 5.75 Å². The van der Waals surface area contributed by atoms with Crippen molar-refractivity contribution in [3.63, 3.8) is 0 Å². The minimum absolute atomic E-state index is 0.214. The van der Waals surface area contributed by atoms with Crippen molar-refractivity contribution in [2.24, 2.45) is 5.73 Å². The Balaban J connectivity index is 5.12. The first-order valence-electron chi connectivity index (χ1n) is 8.22. The first-order chi connectivity index (χ1) is 12.5. The van der Waals surface area contributed by atoms with E-state index in [1.165, 1.54) is 25.6 Å². The number of nitrogens with one attached hydrogen (secondary N) is 3. The number of carboxylic acids is 1. The van der Waals surface area contributed by atoms with Gasteiger partial charge in [0.2, 0.25) is 17.7 Å². The molecule has 27 heavy (non-hydrogen) atoms. The predicted octanol–water partition coefficient (Wildman–Crippen LogP) is -3.00. The zero-order valence-electron chi connectivity index (χ0n) is 15.5. The molecule has 11 nitrogen and oxygen atoms in total. The fourth-order valence-electron chi connectivity index (χ4n) is 1.93. The summed E-state index contributed by atoms with van der Waals surface area (Å²) in [5, 5.41) is 34.6. The molecule has 0 spiro atoms. The highest BCUT2D eigenvalue weighted by molar-refractivity contribution is 7.98. The Labute approximate surface area is 161 Å². The van der Waals surface area contributed by atoms with E-state index in [4.69, 9.17) is 10.8 Å². The molecule has 0 saturated heterocycles. The van der Waals surface area contributed by atoms with Crippen molar-refractivity contribution in [2.75, 3.05) is 18.6 Å². The molecule has 3 amide bonds. The standard InChI is InChI=1S/C15H28N4O7S/c1-7(20)11(16)14(25)19-12(8(2)21)15(26)18-9(4-5-27-3)13(24)17-6-10(22)23/h7-9,11-12,20-21H,4-6,16H2,1-3H3,(H,17,24)(H,18,26)(H,19,25)(H,22,23). The Hall–Kier alpha value is -1.89. The first-order valence-corrected chi connectivity index (χ1v) is 9.61. The molecule has 0 saturated carbocycles. The second-order valence-corrected chi connectivity index (χ2v) is 6.93. The minimum atomic E-state index is -1.41. The van der Waals surface area contributed by atoms with E-state index in [2.05, 4.69) is 16.0 Å². The van der Waals surface area contributed by atoms with Gasteiger partial charge >= 0.3 is 5.97 Å². The lowest BCUT2D eigenvalue weighted by molar-refractivity contribution is -0.139. The second-order valence-electron chi connectivity index (χ2n) is 5.95. The quantitative estimate of drug-likeness (QED) is 0.176. The summed E-state index contributed by atoms with van der Waals surface area (Å²) in [4.78, 5) is 47.1. The lowest BCUT2D eigenvalue weighted by Gasteiger charge is -2.26. The number of carbonyl (C=O) groups is 4. The summed E-state index contributed by atoms with van der Waals surface area (Å²) in [6.45, 7) is 1.96. The van der Waals surface area contributed by atoms with Crippen LogP contribution in [0.2, 0.25) is 0 Å². The highest BCUT2D eigenvalue weighted by Crippen LogP contribution is 2.03. The van der Waals surface area contributed by atoms with E-state index >= 15 is 0 Å². The van der Waals surface area contributed by atoms with Crippen molar-refractivity contribution in [3.8, 4) is 0 Å². The summed E-state index contributed by atoms with van der Waals surface area (Å²) < 4.78 is 0. The van der Waals surface area contributed by atoms with Crippen LogP contribution in [0.25, 0.3) is 0 Å². The molecule has 0 aliphatic carbocycles. The van der Waals surface area contributed by atoms with E-state index in [1.807, 2.05) is 0 Å². The van der Waals surface area contributed by atoms with Crippen LogP contribution in [0, 0.1) is 0 Å². The number of thioether (sulfide) groups is 1. The molecule has 0 aliphatic rings. The van der Waals surface area contributed by atoms with Gasteiger partial charge in [0.05, 0.1) is 12.2 Å². The lowest BCUT2D eigenvalue weighted by Crippen LogP contribution is -2.60. The fraction of sp³-hybridized carbons (Fsp3) is 0.733. The number of hydrogen-bond donors (Lipinski definition) is 7. The van der Waals surface area contributed by atoms with Gasteiger partial charge < -0.3 is 37.0 Å². The van der Waals surface area contributed by atoms with Gasteiger partial charge in [-0.2, -0.15) is 11.8 Å². The highest BCUT2D eigenvalue weighted by atomic mass is 32.2. The largest absolute Gasteiger partial charge is 0.480 e. The third-order valence-electron chi connectivity index (χ3n) is 3.54. The van der Waals surface area contributed by atoms with Crippen LogP contribution in [0.1, 0.15) is 20.3 Å². The molecule has 5 unspecified atom stereocenters. The van der Waals surface area contributed by atoms with Crippen LogP contribution in [0.5, 0.6) is 0 Å². The first kappa shape index (κ1) is 25.1. The topological polar surface area (TPSA) is 191 Å². The molecule has 0 rings (SSSR count). The number of nitrogens with two attached hydrogens (primary N) is 1. The van der Waals surface area contributed by atoms with Crippen molar-refractivity contribution in [2.45, 2.75) is 50.6 Å². The van der Waals surface area contributed by atoms with Crippen molar-refractivity contribution < 1.29 is 34.5 Å². The number of carboxylic acid groups (broad SMARTS) is 1. The lowest BCUT2D eigenvalue weighted by atomic mass is 10.1. The zero-order valence-corrected chi connectivity index (χ0v) is 16.3. The van der Waals surface area contributed by atoms with E-state index < -0.39 is 60.6 Å². The van der Waals surface area contributed by atoms with Gasteiger partial charge in [0.1, 0.15) is 24.7 Å². The van der Waals surface area contributed by atoms with Crippen molar-refractivity contribution in [1.82, 2.24) is 16.0 Å². The van der Waals surface area contributed by atoms with Gasteiger partial charge in [-0.3, -0.25) is 19.2 Å². The van der Waals surface area contributed by atoms with Crippen molar-refractivity contribution in [1.29, 1.82) is 0 Å². The Morgan fingerprint density at radius 3 is 2.04 bits per heavy atom. The van der Waals surface area contributed by atoms with E-state index in [-0.39, 0.29) is 6.42 Å². The number of aliphatic hydroxyl groups excluding tert-OH is 2. The zero-order chi connectivity index (χ0) is 21.1. The summed E-state index contributed by atoms with van der Waals surface area (Å²) in [6, 6.07) is -3.76. The van der Waals surface area contributed by atoms with Crippen molar-refractivity contribution in [3.05, 3.63) is 0 Å². The molecule has 12 heteroatoms. The third-order valence-corrected chi connectivity index (χ3v) is 4.19. The number of hydrogen-bond acceptors (Lipinski definition) is 8. The van der Waals surface area contributed by atoms with Crippen LogP contribution in [-0.4, -0.2) is 87.9 Å². The summed E-state index contributed by atoms with van der Waals surface area (Å²) >= 11 is 1.42. The molecule has 5 atom stereocenters. The van der Waals surface area contributed by atoms with Gasteiger partial charge in [-0.1, -0.05) is 0 Å². The Morgan fingerprint density at radius 1 is 1.00 bits per heavy atom. The van der Waals surface area contributed by atoms with Crippen molar-refractivity contribution >= 4 is 35.5 Å². The maximum Gasteiger partial charge on any atom is 0.322 e. The van der Waals surface area contributed by atoms with E-state index in [1.54, 1.807) is 6.26 Å². The van der Waals surface area contributed by atoms with Crippen LogP contribution in [0.15, 0.2) is 0 Å². The number of amides is 3. The second kappa shape index (κ2) is 12.5. The normalized spacial score (nSPS) is 16.4. The number of aliphatic hydroxyl groups is 2. The van der Waals surface area contributed by atoms with Crippen LogP contribution in [0.3, 0.4) is 0 Å². The molecule has 156 valence electrons. The summed E-state index contributed by atoms with van der Waals surface area (Å²) in [6.07, 6.45) is -0.465. The van der Waals surface area contributed by atoms with Crippen LogP contribution in [-0.2, 0) is 19.2 Å². The average Bonchev–Trinajstić information content (AvgIpc) is 2.59. The van der Waals surface area contributed by atoms with E-state index in [9.17, 15) is 29.4 Å². The summed E-state index contributed by atoms with van der Waals surface area (Å²) in [5.74, 6) is -3.12. The Bertz CT molecular complexity index is 530. The predicted molar refractivity (Wildman–Crippen MR) is 98.8 cm³/mol. The number of aliphatic carboxylic acids is 1. The van der Waals surface area contributed by atoms with Gasteiger partial charge in [-0.15, -0.1) is 0 Å². The monoisotopic (exact) mass is 408 g/mol. The maximum atomic E-state index is 12.4. The van der Waals surface area contributed by atoms with E-state index in [0.717, 1.165) is 0 Å². The molecular formula is C15H28N4O7S. The summed E-state index contributed by atoms with van der Waals surface area (Å²) in [7, 11) is 0. The molecule has 0 aromatic carbocycles. The molecular weight excluding hydrogens is 380 g/mol. The minimum Gasteiger partial charge on any atom is -0.480 e. The third kappa shape index (κ3) is 9.56. The van der Waals surface area contributed by atoms with Crippen LogP contribution >= 0.6 is 11.8 Å². The average molecular weight is 408 g/mol. The SMILES string of the molecule is CSCCC(NC(=O)C(NC(=O)C(N)C(C)O)C(C)O)C(=O)NCC(=O)O.